The van der Waals surface area contributed by atoms with Gasteiger partial charge in [-0.05, 0) is 45.1 Å². The van der Waals surface area contributed by atoms with Gasteiger partial charge in [0.1, 0.15) is 4.21 Å². The fraction of sp³-hybridized carbons (Fsp3) is 0.429. The zero-order valence-electron chi connectivity index (χ0n) is 11.6. The number of hydrogen-bond donors (Lipinski definition) is 1. The summed E-state index contributed by atoms with van der Waals surface area (Å²) in [4.78, 5) is 0. The summed E-state index contributed by atoms with van der Waals surface area (Å²) < 4.78 is 26.6. The zero-order valence-corrected chi connectivity index (χ0v) is 13.3. The Bertz CT molecular complexity index is 536. The molecule has 19 heavy (non-hydrogen) atoms. The summed E-state index contributed by atoms with van der Waals surface area (Å²) in [6.45, 7) is 6.53. The van der Waals surface area contributed by atoms with Crippen LogP contribution in [0.2, 0.25) is 0 Å². The van der Waals surface area contributed by atoms with Crippen LogP contribution in [0, 0.1) is 0 Å². The van der Waals surface area contributed by atoms with Crippen LogP contribution in [-0.2, 0) is 10.0 Å². The van der Waals surface area contributed by atoms with Crippen LogP contribution in [0.25, 0.3) is 0 Å². The lowest BCUT2D eigenvalue weighted by Crippen LogP contribution is -2.23. The minimum Gasteiger partial charge on any atom is -0.207 e. The van der Waals surface area contributed by atoms with Crippen molar-refractivity contribution >= 4 is 21.4 Å². The average molecular weight is 299 g/mol. The van der Waals surface area contributed by atoms with E-state index in [0.717, 1.165) is 12.8 Å². The van der Waals surface area contributed by atoms with Crippen molar-refractivity contribution in [3.8, 4) is 0 Å². The predicted molar refractivity (Wildman–Crippen MR) is 81.9 cm³/mol. The SMILES string of the molecule is CC(C)=CCC/C(C)=C/CNS(=O)(=O)c1cccs1. The van der Waals surface area contributed by atoms with Crippen LogP contribution in [0.4, 0.5) is 0 Å². The molecule has 0 atom stereocenters. The molecule has 1 N–H and O–H groups in total. The van der Waals surface area contributed by atoms with E-state index in [1.807, 2.05) is 13.0 Å². The largest absolute Gasteiger partial charge is 0.250 e. The number of allylic oxidation sites excluding steroid dienone is 3. The van der Waals surface area contributed by atoms with E-state index in [9.17, 15) is 8.42 Å². The third kappa shape index (κ3) is 6.18. The van der Waals surface area contributed by atoms with E-state index in [-0.39, 0.29) is 0 Å². The number of hydrogen-bond acceptors (Lipinski definition) is 3. The van der Waals surface area contributed by atoms with E-state index in [1.165, 1.54) is 22.5 Å². The molecule has 106 valence electrons. The summed E-state index contributed by atoms with van der Waals surface area (Å²) in [7, 11) is -3.33. The minimum atomic E-state index is -3.33. The van der Waals surface area contributed by atoms with E-state index >= 15 is 0 Å². The van der Waals surface area contributed by atoms with Crippen LogP contribution < -0.4 is 4.72 Å². The van der Waals surface area contributed by atoms with E-state index in [4.69, 9.17) is 0 Å². The van der Waals surface area contributed by atoms with Crippen molar-refractivity contribution < 1.29 is 8.42 Å². The van der Waals surface area contributed by atoms with Crippen LogP contribution >= 0.6 is 11.3 Å². The highest BCUT2D eigenvalue weighted by Gasteiger charge is 2.12. The molecule has 3 nitrogen and oxygen atoms in total. The molecule has 1 aromatic heterocycles. The first-order chi connectivity index (χ1) is 8.92. The van der Waals surface area contributed by atoms with Crippen LogP contribution in [0.1, 0.15) is 33.6 Å². The van der Waals surface area contributed by atoms with Crippen molar-refractivity contribution in [3.05, 3.63) is 40.8 Å². The third-order valence-electron chi connectivity index (χ3n) is 2.58. The first-order valence-electron chi connectivity index (χ1n) is 6.24. The molecule has 0 fully saturated rings. The molecule has 0 spiro atoms. The summed E-state index contributed by atoms with van der Waals surface area (Å²) in [5, 5.41) is 1.76. The second-order valence-corrected chi connectivity index (χ2v) is 7.60. The molecular weight excluding hydrogens is 278 g/mol. The van der Waals surface area contributed by atoms with Crippen LogP contribution in [0.5, 0.6) is 0 Å². The monoisotopic (exact) mass is 299 g/mol. The van der Waals surface area contributed by atoms with Gasteiger partial charge in [0.25, 0.3) is 0 Å². The zero-order chi connectivity index (χ0) is 14.3. The first kappa shape index (κ1) is 16.1. The third-order valence-corrected chi connectivity index (χ3v) is 5.40. The van der Waals surface area contributed by atoms with E-state index in [1.54, 1.807) is 17.5 Å². The fourth-order valence-corrected chi connectivity index (χ4v) is 3.50. The number of nitrogens with one attached hydrogen (secondary N) is 1. The number of sulfonamides is 1. The molecule has 0 saturated heterocycles. The maximum Gasteiger partial charge on any atom is 0.250 e. The highest BCUT2D eigenvalue weighted by Crippen LogP contribution is 2.15. The van der Waals surface area contributed by atoms with Crippen molar-refractivity contribution in [3.63, 3.8) is 0 Å². The smallest absolute Gasteiger partial charge is 0.207 e. The molecule has 0 aliphatic carbocycles. The maximum absolute atomic E-state index is 11.8. The standard InChI is InChI=1S/C14H21NO2S2/c1-12(2)6-4-7-13(3)9-10-15-19(16,17)14-8-5-11-18-14/h5-6,8-9,11,15H,4,7,10H2,1-3H3/b13-9+. The Kier molecular flexibility index (Phi) is 6.48. The fourth-order valence-electron chi connectivity index (χ4n) is 1.50. The molecular formula is C14H21NO2S2. The summed E-state index contributed by atoms with van der Waals surface area (Å²) >= 11 is 1.23. The molecule has 0 radical (unpaired) electrons. The highest BCUT2D eigenvalue weighted by molar-refractivity contribution is 7.91. The average Bonchev–Trinajstić information content (AvgIpc) is 2.82. The quantitative estimate of drug-likeness (QED) is 0.780. The Hall–Kier alpha value is -0.910. The molecule has 0 amide bonds. The molecule has 0 unspecified atom stereocenters. The molecule has 0 bridgehead atoms. The van der Waals surface area contributed by atoms with Crippen molar-refractivity contribution in [2.45, 2.75) is 37.8 Å². The summed E-state index contributed by atoms with van der Waals surface area (Å²) in [5.74, 6) is 0. The van der Waals surface area contributed by atoms with Crippen molar-refractivity contribution in [2.24, 2.45) is 0 Å². The Balaban J connectivity index is 2.43. The normalized spacial score (nSPS) is 12.5. The second kappa shape index (κ2) is 7.62. The molecule has 1 heterocycles. The lowest BCUT2D eigenvalue weighted by Gasteiger charge is -2.03. The van der Waals surface area contributed by atoms with Gasteiger partial charge in [-0.25, -0.2) is 13.1 Å². The number of rotatable bonds is 7. The van der Waals surface area contributed by atoms with Gasteiger partial charge in [0, 0.05) is 6.54 Å². The lowest BCUT2D eigenvalue weighted by molar-refractivity contribution is 0.587. The molecule has 0 aromatic carbocycles. The lowest BCUT2D eigenvalue weighted by atomic mass is 10.1. The maximum atomic E-state index is 11.8. The van der Waals surface area contributed by atoms with Crippen molar-refractivity contribution in [2.75, 3.05) is 6.54 Å². The van der Waals surface area contributed by atoms with Gasteiger partial charge in [-0.1, -0.05) is 29.4 Å². The number of thiophene rings is 1. The van der Waals surface area contributed by atoms with Gasteiger partial charge in [0.05, 0.1) is 0 Å². The minimum absolute atomic E-state index is 0.348. The highest BCUT2D eigenvalue weighted by atomic mass is 32.2. The Morgan fingerprint density at radius 3 is 2.63 bits per heavy atom. The van der Waals surface area contributed by atoms with Gasteiger partial charge in [-0.3, -0.25) is 0 Å². The van der Waals surface area contributed by atoms with E-state index < -0.39 is 10.0 Å². The molecule has 5 heteroatoms. The van der Waals surface area contributed by atoms with Crippen molar-refractivity contribution in [1.82, 2.24) is 4.72 Å². The topological polar surface area (TPSA) is 46.2 Å². The van der Waals surface area contributed by atoms with E-state index in [0.29, 0.717) is 10.8 Å². The van der Waals surface area contributed by atoms with Gasteiger partial charge in [0.15, 0.2) is 0 Å². The Morgan fingerprint density at radius 2 is 2.05 bits per heavy atom. The molecule has 0 saturated carbocycles. The van der Waals surface area contributed by atoms with Gasteiger partial charge in [-0.2, -0.15) is 0 Å². The summed E-state index contributed by atoms with van der Waals surface area (Å²) in [6.07, 6.45) is 6.09. The predicted octanol–water partition coefficient (Wildman–Crippen LogP) is 3.72. The molecule has 1 rings (SSSR count). The summed E-state index contributed by atoms with van der Waals surface area (Å²) in [6, 6.07) is 3.35. The van der Waals surface area contributed by atoms with Gasteiger partial charge < -0.3 is 0 Å². The van der Waals surface area contributed by atoms with Crippen LogP contribution in [-0.4, -0.2) is 15.0 Å². The molecule has 1 aromatic rings. The molecule has 0 aliphatic rings. The van der Waals surface area contributed by atoms with Crippen LogP contribution in [0.3, 0.4) is 0 Å². The van der Waals surface area contributed by atoms with E-state index in [2.05, 4.69) is 24.6 Å². The molecule has 0 aliphatic heterocycles. The summed E-state index contributed by atoms with van der Waals surface area (Å²) in [5.41, 5.74) is 2.51. The first-order valence-corrected chi connectivity index (χ1v) is 8.60. The van der Waals surface area contributed by atoms with Crippen LogP contribution in [0.15, 0.2) is 45.0 Å². The van der Waals surface area contributed by atoms with Gasteiger partial charge in [-0.15, -0.1) is 11.3 Å². The Morgan fingerprint density at radius 1 is 1.32 bits per heavy atom. The second-order valence-electron chi connectivity index (χ2n) is 4.65. The van der Waals surface area contributed by atoms with Crippen molar-refractivity contribution in [1.29, 1.82) is 0 Å². The van der Waals surface area contributed by atoms with Gasteiger partial charge >= 0.3 is 0 Å². The van der Waals surface area contributed by atoms with Gasteiger partial charge in [0.2, 0.25) is 10.0 Å². The Labute approximate surface area is 120 Å².